The van der Waals surface area contributed by atoms with Crippen molar-refractivity contribution in [2.45, 2.75) is 18.8 Å². The zero-order valence-electron chi connectivity index (χ0n) is 12.2. The fourth-order valence-corrected chi connectivity index (χ4v) is 3.88. The Bertz CT molecular complexity index is 941. The van der Waals surface area contributed by atoms with E-state index in [0.717, 1.165) is 11.3 Å². The number of nitrogens with one attached hydrogen (secondary N) is 1. The lowest BCUT2D eigenvalue weighted by Gasteiger charge is -2.25. The summed E-state index contributed by atoms with van der Waals surface area (Å²) in [5.41, 5.74) is 2.07. The number of hydrogen-bond acceptors (Lipinski definition) is 4. The second-order valence-electron chi connectivity index (χ2n) is 5.69. The fraction of sp³-hybridized carbons (Fsp3) is 0.250. The largest absolute Gasteiger partial charge is 0.363 e. The maximum Gasteiger partial charge on any atom is 0.363 e. The molecule has 2 aromatic rings. The summed E-state index contributed by atoms with van der Waals surface area (Å²) < 4.78 is 20.6. The molecule has 0 fully saturated rings. The Morgan fingerprint density at radius 3 is 2.87 bits per heavy atom. The number of aromatic nitrogens is 1. The van der Waals surface area contributed by atoms with Crippen molar-refractivity contribution in [1.29, 1.82) is 0 Å². The van der Waals surface area contributed by atoms with Gasteiger partial charge in [-0.05, 0) is 46.7 Å². The van der Waals surface area contributed by atoms with Gasteiger partial charge in [0.15, 0.2) is 11.6 Å². The number of fused-ring (bicyclic) bond motifs is 1. The van der Waals surface area contributed by atoms with E-state index >= 15 is 0 Å². The van der Waals surface area contributed by atoms with Gasteiger partial charge in [-0.1, -0.05) is 6.07 Å². The summed E-state index contributed by atoms with van der Waals surface area (Å²) in [6.45, 7) is 0. The van der Waals surface area contributed by atoms with E-state index in [9.17, 15) is 14.0 Å². The Labute approximate surface area is 144 Å². The van der Waals surface area contributed by atoms with Crippen molar-refractivity contribution < 1.29 is 13.7 Å². The van der Waals surface area contributed by atoms with Crippen molar-refractivity contribution in [3.63, 3.8) is 0 Å². The van der Waals surface area contributed by atoms with Crippen molar-refractivity contribution in [2.75, 3.05) is 5.32 Å². The van der Waals surface area contributed by atoms with Crippen molar-refractivity contribution in [3.05, 3.63) is 60.4 Å². The molecule has 1 unspecified atom stereocenters. The summed E-state index contributed by atoms with van der Waals surface area (Å²) in [5, 5.41) is 3.16. The minimum absolute atomic E-state index is 0.0192. The second-order valence-corrected chi connectivity index (χ2v) is 6.85. The standard InChI is InChI=1S/C16H12FIN2O3/c1-20-15-14(16(22)23-20)12(7-2-3-8(17)9(18)6-7)13-10(19-15)4-5-11(13)21/h2-3,6,12,19H,4-5H2,1H3. The highest BCUT2D eigenvalue weighted by atomic mass is 127. The number of aryl methyl sites for hydroxylation is 1. The number of Topliss-reactive ketones (excluding diaryl/α,β-unsaturated/α-hetero) is 1. The highest BCUT2D eigenvalue weighted by molar-refractivity contribution is 14.1. The molecule has 2 heterocycles. The molecule has 0 spiro atoms. The first-order chi connectivity index (χ1) is 11.0. The molecular weight excluding hydrogens is 414 g/mol. The van der Waals surface area contributed by atoms with E-state index in [-0.39, 0.29) is 11.6 Å². The topological polar surface area (TPSA) is 64.2 Å². The second kappa shape index (κ2) is 5.05. The Hall–Kier alpha value is -1.90. The molecule has 1 aromatic heterocycles. The first-order valence-corrected chi connectivity index (χ1v) is 8.23. The molecule has 5 nitrogen and oxygen atoms in total. The SMILES string of the molecule is Cn1oc(=O)c2c1NC1=C(C(=O)CC1)C2c1ccc(F)c(I)c1. The predicted molar refractivity (Wildman–Crippen MR) is 89.8 cm³/mol. The van der Waals surface area contributed by atoms with Gasteiger partial charge in [0.25, 0.3) is 0 Å². The summed E-state index contributed by atoms with van der Waals surface area (Å²) in [7, 11) is 1.64. The van der Waals surface area contributed by atoms with Crippen molar-refractivity contribution in [3.8, 4) is 0 Å². The number of rotatable bonds is 1. The number of benzene rings is 1. The van der Waals surface area contributed by atoms with Crippen LogP contribution in [0.5, 0.6) is 0 Å². The molecule has 1 aromatic carbocycles. The van der Waals surface area contributed by atoms with Crippen LogP contribution in [-0.2, 0) is 11.8 Å². The minimum Gasteiger partial charge on any atom is -0.342 e. The van der Waals surface area contributed by atoms with E-state index in [1.54, 1.807) is 19.2 Å². The monoisotopic (exact) mass is 426 g/mol. The number of carbonyl (C=O) groups excluding carboxylic acids is 1. The summed E-state index contributed by atoms with van der Waals surface area (Å²) in [5.74, 6) is -0.253. The molecule has 2 aliphatic rings. The van der Waals surface area contributed by atoms with Crippen LogP contribution in [0.3, 0.4) is 0 Å². The smallest absolute Gasteiger partial charge is 0.342 e. The highest BCUT2D eigenvalue weighted by Gasteiger charge is 2.40. The van der Waals surface area contributed by atoms with Crippen molar-refractivity contribution in [1.82, 2.24) is 4.74 Å². The van der Waals surface area contributed by atoms with Crippen LogP contribution in [0, 0.1) is 9.39 Å². The third-order valence-corrected chi connectivity index (χ3v) is 5.19. The van der Waals surface area contributed by atoms with Crippen molar-refractivity contribution >= 4 is 34.2 Å². The molecule has 0 amide bonds. The number of nitrogens with zero attached hydrogens (tertiary/aromatic N) is 1. The van der Waals surface area contributed by atoms with Gasteiger partial charge >= 0.3 is 5.63 Å². The van der Waals surface area contributed by atoms with Gasteiger partial charge < -0.3 is 9.84 Å². The van der Waals surface area contributed by atoms with Crippen LogP contribution in [0.15, 0.2) is 38.8 Å². The van der Waals surface area contributed by atoms with Gasteiger partial charge in [-0.25, -0.2) is 9.18 Å². The summed E-state index contributed by atoms with van der Waals surface area (Å²) in [6, 6.07) is 4.67. The van der Waals surface area contributed by atoms with Gasteiger partial charge in [-0.3, -0.25) is 4.79 Å². The maximum absolute atomic E-state index is 13.6. The van der Waals surface area contributed by atoms with Gasteiger partial charge in [0, 0.05) is 28.3 Å². The molecule has 0 saturated carbocycles. The van der Waals surface area contributed by atoms with Gasteiger partial charge in [-0.15, -0.1) is 0 Å². The van der Waals surface area contributed by atoms with Crippen LogP contribution in [0.2, 0.25) is 0 Å². The zero-order valence-corrected chi connectivity index (χ0v) is 14.3. The summed E-state index contributed by atoms with van der Waals surface area (Å²) in [6.07, 6.45) is 1.04. The number of carbonyl (C=O) groups is 1. The third kappa shape index (κ3) is 2.09. The van der Waals surface area contributed by atoms with Gasteiger partial charge in [0.05, 0.1) is 11.5 Å². The number of allylic oxidation sites excluding steroid dienone is 2. The Balaban J connectivity index is 2.00. The van der Waals surface area contributed by atoms with E-state index in [1.807, 2.05) is 22.6 Å². The van der Waals surface area contributed by atoms with Crippen molar-refractivity contribution in [2.24, 2.45) is 7.05 Å². The lowest BCUT2D eigenvalue weighted by Crippen LogP contribution is -2.23. The lowest BCUT2D eigenvalue weighted by atomic mass is 9.82. The average molecular weight is 426 g/mol. The Kier molecular flexibility index (Phi) is 3.22. The number of hydrogen-bond donors (Lipinski definition) is 1. The number of halogens is 2. The molecule has 0 bridgehead atoms. The molecule has 1 N–H and O–H groups in total. The summed E-state index contributed by atoms with van der Waals surface area (Å²) in [4.78, 5) is 24.6. The Morgan fingerprint density at radius 1 is 1.35 bits per heavy atom. The highest BCUT2D eigenvalue weighted by Crippen LogP contribution is 2.45. The van der Waals surface area contributed by atoms with Crippen LogP contribution < -0.4 is 10.9 Å². The molecule has 0 saturated heterocycles. The minimum atomic E-state index is -0.511. The number of anilines is 1. The summed E-state index contributed by atoms with van der Waals surface area (Å²) >= 11 is 1.91. The first-order valence-electron chi connectivity index (χ1n) is 7.15. The molecule has 0 radical (unpaired) electrons. The van der Waals surface area contributed by atoms with Gasteiger partial charge in [0.2, 0.25) is 0 Å². The van der Waals surface area contributed by atoms with Gasteiger partial charge in [-0.2, -0.15) is 4.74 Å². The van der Waals surface area contributed by atoms with E-state index in [4.69, 9.17) is 4.52 Å². The normalized spacial score (nSPS) is 19.6. The van der Waals surface area contributed by atoms with E-state index in [2.05, 4.69) is 5.32 Å². The number of ketones is 1. The average Bonchev–Trinajstić information content (AvgIpc) is 3.02. The predicted octanol–water partition coefficient (Wildman–Crippen LogP) is 2.90. The molecule has 1 aliphatic heterocycles. The fourth-order valence-electron chi connectivity index (χ4n) is 3.34. The van der Waals surface area contributed by atoms with Crippen LogP contribution >= 0.6 is 22.6 Å². The first kappa shape index (κ1) is 14.7. The van der Waals surface area contributed by atoms with Crippen LogP contribution in [-0.4, -0.2) is 10.5 Å². The molecule has 23 heavy (non-hydrogen) atoms. The molecule has 118 valence electrons. The van der Waals surface area contributed by atoms with Crippen LogP contribution in [0.4, 0.5) is 10.2 Å². The van der Waals surface area contributed by atoms with Gasteiger partial charge in [0.1, 0.15) is 5.82 Å². The third-order valence-electron chi connectivity index (χ3n) is 4.36. The lowest BCUT2D eigenvalue weighted by molar-refractivity contribution is -0.115. The molecule has 1 aliphatic carbocycles. The van der Waals surface area contributed by atoms with E-state index in [1.165, 1.54) is 10.8 Å². The quantitative estimate of drug-likeness (QED) is 0.713. The van der Waals surface area contributed by atoms with E-state index in [0.29, 0.717) is 33.4 Å². The van der Waals surface area contributed by atoms with E-state index < -0.39 is 11.5 Å². The molecule has 1 atom stereocenters. The Morgan fingerprint density at radius 2 is 2.13 bits per heavy atom. The molecular formula is C16H12FIN2O3. The van der Waals surface area contributed by atoms with Crippen LogP contribution in [0.25, 0.3) is 0 Å². The molecule has 4 rings (SSSR count). The zero-order chi connectivity index (χ0) is 16.3. The maximum atomic E-state index is 13.6. The molecule has 7 heteroatoms. The van der Waals surface area contributed by atoms with Crippen LogP contribution in [0.1, 0.15) is 29.9 Å².